The highest BCUT2D eigenvalue weighted by Crippen LogP contribution is 2.38. The first kappa shape index (κ1) is 29.9. The topological polar surface area (TPSA) is 35.5 Å². The van der Waals surface area contributed by atoms with Crippen LogP contribution in [0.15, 0.2) is 121 Å². The van der Waals surface area contributed by atoms with Crippen molar-refractivity contribution in [2.45, 2.75) is 51.6 Å². The first-order chi connectivity index (χ1) is 19.0. The number of carbonyl (C=O) groups excluding carboxylic acids is 1. The molecule has 208 valence electrons. The molecule has 0 atom stereocenters. The Kier molecular flexibility index (Phi) is 9.10. The molecule has 0 bridgehead atoms. The monoisotopic (exact) mass is 566 g/mol. The van der Waals surface area contributed by atoms with Gasteiger partial charge in [-0.15, -0.1) is 0 Å². The van der Waals surface area contributed by atoms with Crippen LogP contribution >= 0.6 is 0 Å². The molecule has 4 aromatic rings. The second kappa shape index (κ2) is 12.2. The number of Topliss-reactive ketones (excluding diaryl/α,β-unsaturated/α-hetero) is 1. The summed E-state index contributed by atoms with van der Waals surface area (Å²) in [5.41, 5.74) is 0. The third kappa shape index (κ3) is 5.84. The first-order valence-electron chi connectivity index (χ1n) is 14.0. The van der Waals surface area contributed by atoms with E-state index in [1.165, 1.54) is 0 Å². The Hall–Kier alpha value is -3.10. The van der Waals surface area contributed by atoms with Gasteiger partial charge in [-0.2, -0.15) is 0 Å². The predicted octanol–water partition coefficient (Wildman–Crippen LogP) is 5.71. The molecule has 0 saturated carbocycles. The molecule has 5 heteroatoms. The molecule has 0 N–H and O–H groups in total. The van der Waals surface area contributed by atoms with Gasteiger partial charge in [0.1, 0.15) is 0 Å². The van der Waals surface area contributed by atoms with Crippen molar-refractivity contribution in [3.63, 3.8) is 0 Å². The highest BCUT2D eigenvalue weighted by Gasteiger charge is 2.52. The van der Waals surface area contributed by atoms with E-state index in [0.29, 0.717) is 0 Å². The molecule has 0 aliphatic heterocycles. The zero-order valence-corrected chi connectivity index (χ0v) is 26.7. The molecule has 0 aliphatic carbocycles. The number of benzene rings is 4. The number of rotatable bonds is 10. The van der Waals surface area contributed by atoms with Gasteiger partial charge in [0.15, 0.2) is 5.78 Å². The van der Waals surface area contributed by atoms with Crippen LogP contribution in [0.25, 0.3) is 0 Å². The summed E-state index contributed by atoms with van der Waals surface area (Å²) in [4.78, 5) is 13.7. The maximum Gasteiger partial charge on any atom is 0.261 e. The molecular weight excluding hydrogens is 525 g/mol. The fourth-order valence-electron chi connectivity index (χ4n) is 5.94. The van der Waals surface area contributed by atoms with Gasteiger partial charge in [-0.1, -0.05) is 163 Å². The van der Waals surface area contributed by atoms with Crippen LogP contribution in [0, 0.1) is 0 Å². The van der Waals surface area contributed by atoms with Gasteiger partial charge in [0.05, 0.1) is 13.2 Å². The molecule has 0 fully saturated rings. The smallest absolute Gasteiger partial charge is 0.261 e. The summed E-state index contributed by atoms with van der Waals surface area (Å²) in [7, 11) is -5.63. The SMILES string of the molecule is CC(C)(C)[Si](OCC(=O)CO[Si](c1ccccc1)(c1ccccc1)C(C)(C)C)(c1ccccc1)c1ccccc1. The average molecular weight is 567 g/mol. The van der Waals surface area contributed by atoms with Gasteiger partial charge in [-0.3, -0.25) is 4.79 Å². The van der Waals surface area contributed by atoms with Crippen LogP contribution < -0.4 is 20.7 Å². The molecule has 0 aromatic heterocycles. The van der Waals surface area contributed by atoms with Crippen molar-refractivity contribution in [2.75, 3.05) is 13.2 Å². The molecule has 0 unspecified atom stereocenters. The Bertz CT molecular complexity index is 1170. The Morgan fingerprint density at radius 1 is 0.475 bits per heavy atom. The number of ketones is 1. The highest BCUT2D eigenvalue weighted by molar-refractivity contribution is 7.00. The maximum atomic E-state index is 13.7. The Balaban J connectivity index is 1.68. The fraction of sp³-hybridized carbons (Fsp3) is 0.286. The van der Waals surface area contributed by atoms with E-state index in [1.807, 2.05) is 24.3 Å². The van der Waals surface area contributed by atoms with Crippen LogP contribution in [0.2, 0.25) is 10.1 Å². The van der Waals surface area contributed by atoms with Crippen LogP contribution in [0.5, 0.6) is 0 Å². The minimum atomic E-state index is -2.82. The third-order valence-corrected chi connectivity index (χ3v) is 17.7. The summed E-state index contributed by atoms with van der Waals surface area (Å²) in [5.74, 6) is -0.0408. The summed E-state index contributed by atoms with van der Waals surface area (Å²) in [5, 5.41) is 4.25. The molecule has 0 spiro atoms. The molecule has 4 rings (SSSR count). The molecule has 0 aliphatic rings. The van der Waals surface area contributed by atoms with Crippen molar-refractivity contribution >= 4 is 43.2 Å². The summed E-state index contributed by atoms with van der Waals surface area (Å²) in [6.07, 6.45) is 0. The van der Waals surface area contributed by atoms with Crippen LogP contribution in [0.3, 0.4) is 0 Å². The van der Waals surface area contributed by atoms with E-state index in [4.69, 9.17) is 8.85 Å². The van der Waals surface area contributed by atoms with Gasteiger partial charge < -0.3 is 8.85 Å². The van der Waals surface area contributed by atoms with Crippen LogP contribution in [0.4, 0.5) is 0 Å². The summed E-state index contributed by atoms with van der Waals surface area (Å²) in [6, 6.07) is 41.7. The maximum absolute atomic E-state index is 13.7. The standard InChI is InChI=1S/C35H42O3Si2/c1-34(2,3)39(30-19-11-7-12-20-30,31-21-13-8-14-22-31)37-27-29(36)28-38-40(35(4,5)6,32-23-15-9-16-24-32)33-25-17-10-18-26-33/h7-26H,27-28H2,1-6H3. The van der Waals surface area contributed by atoms with Gasteiger partial charge in [0.25, 0.3) is 16.6 Å². The second-order valence-corrected chi connectivity index (χ2v) is 21.1. The number of carbonyl (C=O) groups is 1. The minimum absolute atomic E-state index is 0.00544. The molecule has 0 radical (unpaired) electrons. The highest BCUT2D eigenvalue weighted by atomic mass is 28.4. The third-order valence-electron chi connectivity index (χ3n) is 7.73. The van der Waals surface area contributed by atoms with Gasteiger partial charge >= 0.3 is 0 Å². The zero-order chi connectivity index (χ0) is 28.9. The van der Waals surface area contributed by atoms with E-state index in [2.05, 4.69) is 139 Å². The second-order valence-electron chi connectivity index (χ2n) is 12.4. The van der Waals surface area contributed by atoms with E-state index in [0.717, 1.165) is 20.7 Å². The van der Waals surface area contributed by atoms with Gasteiger partial charge in [-0.05, 0) is 30.8 Å². The van der Waals surface area contributed by atoms with E-state index in [-0.39, 0.29) is 29.1 Å². The van der Waals surface area contributed by atoms with E-state index >= 15 is 0 Å². The van der Waals surface area contributed by atoms with Gasteiger partial charge in [0, 0.05) is 0 Å². The van der Waals surface area contributed by atoms with Crippen molar-refractivity contribution in [3.8, 4) is 0 Å². The van der Waals surface area contributed by atoms with Crippen molar-refractivity contribution in [3.05, 3.63) is 121 Å². The van der Waals surface area contributed by atoms with Crippen LogP contribution in [-0.2, 0) is 13.6 Å². The van der Waals surface area contributed by atoms with Crippen molar-refractivity contribution < 1.29 is 13.6 Å². The molecular formula is C35H42O3Si2. The molecule has 3 nitrogen and oxygen atoms in total. The molecule has 0 saturated heterocycles. The molecule has 4 aromatic carbocycles. The Morgan fingerprint density at radius 2 is 0.700 bits per heavy atom. The average Bonchev–Trinajstić information content (AvgIpc) is 2.94. The van der Waals surface area contributed by atoms with Gasteiger partial charge in [-0.25, -0.2) is 0 Å². The first-order valence-corrected chi connectivity index (χ1v) is 17.9. The fourth-order valence-corrected chi connectivity index (χ4v) is 15.0. The lowest BCUT2D eigenvalue weighted by atomic mass is 10.2. The quantitative estimate of drug-likeness (QED) is 0.231. The molecule has 0 amide bonds. The summed E-state index contributed by atoms with van der Waals surface area (Å²) < 4.78 is 13.8. The summed E-state index contributed by atoms with van der Waals surface area (Å²) >= 11 is 0. The van der Waals surface area contributed by atoms with Crippen LogP contribution in [-0.4, -0.2) is 35.6 Å². The number of hydrogen-bond acceptors (Lipinski definition) is 3. The lowest BCUT2D eigenvalue weighted by Crippen LogP contribution is -2.68. The van der Waals surface area contributed by atoms with E-state index in [1.54, 1.807) is 0 Å². The largest absolute Gasteiger partial charge is 0.400 e. The minimum Gasteiger partial charge on any atom is -0.400 e. The van der Waals surface area contributed by atoms with E-state index in [9.17, 15) is 4.79 Å². The molecule has 0 heterocycles. The lowest BCUT2D eigenvalue weighted by molar-refractivity contribution is -0.123. The lowest BCUT2D eigenvalue weighted by Gasteiger charge is -2.43. The van der Waals surface area contributed by atoms with Crippen molar-refractivity contribution in [2.24, 2.45) is 0 Å². The van der Waals surface area contributed by atoms with Crippen molar-refractivity contribution in [1.82, 2.24) is 0 Å². The predicted molar refractivity (Wildman–Crippen MR) is 172 cm³/mol. The Labute approximate surface area is 242 Å². The zero-order valence-electron chi connectivity index (χ0n) is 24.7. The van der Waals surface area contributed by atoms with Crippen molar-refractivity contribution in [1.29, 1.82) is 0 Å². The normalized spacial score (nSPS) is 12.8. The van der Waals surface area contributed by atoms with Crippen LogP contribution in [0.1, 0.15) is 41.5 Å². The number of hydrogen-bond donors (Lipinski definition) is 0. The van der Waals surface area contributed by atoms with E-state index < -0.39 is 16.6 Å². The Morgan fingerprint density at radius 3 is 0.900 bits per heavy atom. The summed E-state index contributed by atoms with van der Waals surface area (Å²) in [6.45, 7) is 13.4. The van der Waals surface area contributed by atoms with Gasteiger partial charge in [0.2, 0.25) is 0 Å². The molecule has 40 heavy (non-hydrogen) atoms.